The van der Waals surface area contributed by atoms with E-state index in [2.05, 4.69) is 4.74 Å². The maximum atomic E-state index is 14.8. The van der Waals surface area contributed by atoms with Crippen molar-refractivity contribution in [3.8, 4) is 11.5 Å². The minimum atomic E-state index is -4.93. The van der Waals surface area contributed by atoms with Crippen molar-refractivity contribution < 1.29 is 49.7 Å². The van der Waals surface area contributed by atoms with E-state index in [-0.39, 0.29) is 29.7 Å². The average Bonchev–Trinajstić information content (AvgIpc) is 3.30. The monoisotopic (exact) mass is 531 g/mol. The first kappa shape index (κ1) is 26.4. The molecule has 1 aliphatic carbocycles. The lowest BCUT2D eigenvalue weighted by atomic mass is 9.85. The van der Waals surface area contributed by atoms with Gasteiger partial charge < -0.3 is 18.8 Å². The lowest BCUT2D eigenvalue weighted by Gasteiger charge is -2.28. The number of fused-ring (bicyclic) bond motifs is 1. The van der Waals surface area contributed by atoms with Crippen LogP contribution in [0.2, 0.25) is 0 Å². The van der Waals surface area contributed by atoms with E-state index >= 15 is 0 Å². The van der Waals surface area contributed by atoms with Gasteiger partial charge in [0, 0.05) is 37.0 Å². The van der Waals surface area contributed by atoms with Crippen LogP contribution < -0.4 is 9.47 Å². The van der Waals surface area contributed by atoms with Crippen LogP contribution in [0.4, 0.5) is 30.7 Å². The molecule has 0 saturated carbocycles. The number of alkyl halides is 6. The lowest BCUT2D eigenvalue weighted by Crippen LogP contribution is -2.34. The maximum Gasteiger partial charge on any atom is 0.416 e. The van der Waals surface area contributed by atoms with Gasteiger partial charge in [0.15, 0.2) is 0 Å². The average molecular weight is 531 g/mol. The molecule has 0 bridgehead atoms. The Bertz CT molecular complexity index is 1270. The van der Waals surface area contributed by atoms with E-state index in [1.807, 2.05) is 0 Å². The van der Waals surface area contributed by atoms with Gasteiger partial charge in [-0.1, -0.05) is 18.2 Å². The Balaban J connectivity index is 1.46. The summed E-state index contributed by atoms with van der Waals surface area (Å²) in [4.78, 5) is 11.6. The molecule has 1 aromatic carbocycles. The van der Waals surface area contributed by atoms with Crippen LogP contribution >= 0.6 is 0 Å². The third-order valence-corrected chi connectivity index (χ3v) is 5.87. The highest BCUT2D eigenvalue weighted by atomic mass is 19.4. The van der Waals surface area contributed by atoms with E-state index in [4.69, 9.17) is 9.47 Å². The van der Waals surface area contributed by atoms with Crippen molar-refractivity contribution >= 4 is 12.0 Å². The first-order chi connectivity index (χ1) is 17.3. The van der Waals surface area contributed by atoms with Crippen LogP contribution in [-0.2, 0) is 11.3 Å². The highest BCUT2D eigenvalue weighted by Crippen LogP contribution is 2.41. The van der Waals surface area contributed by atoms with E-state index in [1.54, 1.807) is 29.1 Å². The quantitative estimate of drug-likeness (QED) is 0.333. The Morgan fingerprint density at radius 3 is 2.62 bits per heavy atom. The van der Waals surface area contributed by atoms with Gasteiger partial charge in [0.2, 0.25) is 0 Å². The van der Waals surface area contributed by atoms with Crippen molar-refractivity contribution in [1.82, 2.24) is 4.57 Å². The van der Waals surface area contributed by atoms with Gasteiger partial charge in [0.25, 0.3) is 0 Å². The van der Waals surface area contributed by atoms with E-state index in [1.165, 1.54) is 13.2 Å². The molecule has 5 nitrogen and oxygen atoms in total. The number of hydrogen-bond donors (Lipinski definition) is 0. The number of ether oxygens (including phenoxy) is 3. The molecular formula is C25H20F7NO4. The van der Waals surface area contributed by atoms with Gasteiger partial charge in [-0.15, -0.1) is 0 Å². The standard InChI is InChI=1S/C25H20F7NO4/c1-35-23(34)15-4-5-33(11-15)10-14-6-19-21(26)8-18(9-22(19)37-12-14)36-13-16-2-3-17(24(27,28)29)7-20(16)25(30,31)32/h2-9,11,16,20H,10,12-13H2,1H3. The number of hydrogen-bond acceptors (Lipinski definition) is 4. The minimum absolute atomic E-state index is 0.0775. The SMILES string of the molecule is COC(=O)c1ccn(CC2=Cc3c(F)cc(OCC4C=CC(C(F)(F)F)=CC4C(F)(F)F)cc3OC2)c1. The predicted octanol–water partition coefficient (Wildman–Crippen LogP) is 6.12. The van der Waals surface area contributed by atoms with Crippen LogP contribution in [0.1, 0.15) is 15.9 Å². The van der Waals surface area contributed by atoms with Gasteiger partial charge in [-0.05, 0) is 17.7 Å². The number of rotatable bonds is 6. The van der Waals surface area contributed by atoms with Crippen LogP contribution in [0.15, 0.2) is 60.0 Å². The number of esters is 1. The second-order valence-corrected chi connectivity index (χ2v) is 8.49. The van der Waals surface area contributed by atoms with Gasteiger partial charge in [-0.3, -0.25) is 0 Å². The van der Waals surface area contributed by atoms with Crippen molar-refractivity contribution in [3.05, 3.63) is 76.9 Å². The number of halogens is 7. The summed E-state index contributed by atoms with van der Waals surface area (Å²) in [5.41, 5.74) is -0.251. The highest BCUT2D eigenvalue weighted by molar-refractivity contribution is 5.89. The molecule has 198 valence electrons. The minimum Gasteiger partial charge on any atom is -0.493 e. The van der Waals surface area contributed by atoms with Gasteiger partial charge in [0.05, 0.1) is 36.3 Å². The molecule has 0 spiro atoms. The van der Waals surface area contributed by atoms with Gasteiger partial charge in [0.1, 0.15) is 23.9 Å². The summed E-state index contributed by atoms with van der Waals surface area (Å²) in [5.74, 6) is -5.12. The van der Waals surface area contributed by atoms with Gasteiger partial charge >= 0.3 is 18.3 Å². The first-order valence-electron chi connectivity index (χ1n) is 10.9. The van der Waals surface area contributed by atoms with E-state index < -0.39 is 48.2 Å². The molecule has 0 amide bonds. The largest absolute Gasteiger partial charge is 0.493 e. The number of carbonyl (C=O) groups is 1. The third-order valence-electron chi connectivity index (χ3n) is 5.87. The molecule has 2 heterocycles. The van der Waals surface area contributed by atoms with Crippen LogP contribution in [0.3, 0.4) is 0 Å². The Morgan fingerprint density at radius 2 is 1.95 bits per heavy atom. The van der Waals surface area contributed by atoms with Crippen molar-refractivity contribution in [2.45, 2.75) is 18.9 Å². The molecule has 2 atom stereocenters. The number of nitrogens with zero attached hydrogens (tertiary/aromatic N) is 1. The number of aromatic nitrogens is 1. The summed E-state index contributed by atoms with van der Waals surface area (Å²) in [5, 5.41) is 0. The third kappa shape index (κ3) is 6.00. The molecule has 4 rings (SSSR count). The van der Waals surface area contributed by atoms with Gasteiger partial charge in [-0.2, -0.15) is 26.3 Å². The highest BCUT2D eigenvalue weighted by Gasteiger charge is 2.47. The van der Waals surface area contributed by atoms with Crippen LogP contribution in [0, 0.1) is 17.7 Å². The molecule has 12 heteroatoms. The number of methoxy groups -OCH3 is 1. The summed E-state index contributed by atoms with van der Waals surface area (Å²) < 4.78 is 111. The van der Waals surface area contributed by atoms with Crippen LogP contribution in [0.5, 0.6) is 11.5 Å². The summed E-state index contributed by atoms with van der Waals surface area (Å²) in [7, 11) is 1.26. The predicted molar refractivity (Wildman–Crippen MR) is 117 cm³/mol. The molecule has 0 saturated heterocycles. The Hall–Kier alpha value is -3.70. The van der Waals surface area contributed by atoms with Crippen molar-refractivity contribution in [2.75, 3.05) is 20.3 Å². The van der Waals surface area contributed by atoms with Gasteiger partial charge in [-0.25, -0.2) is 9.18 Å². The van der Waals surface area contributed by atoms with Crippen molar-refractivity contribution in [2.24, 2.45) is 11.8 Å². The fraction of sp³-hybridized carbons (Fsp3) is 0.320. The summed E-state index contributed by atoms with van der Waals surface area (Å²) in [6, 6.07) is 3.85. The molecule has 0 N–H and O–H groups in total. The molecule has 2 unspecified atom stereocenters. The molecule has 1 aliphatic heterocycles. The fourth-order valence-corrected chi connectivity index (χ4v) is 4.03. The number of benzene rings is 1. The zero-order valence-electron chi connectivity index (χ0n) is 19.2. The number of carbonyl (C=O) groups excluding carboxylic acids is 1. The maximum absolute atomic E-state index is 14.8. The van der Waals surface area contributed by atoms with E-state index in [0.29, 0.717) is 23.8 Å². The normalized spacial score (nSPS) is 19.5. The molecule has 1 aromatic heterocycles. The molecule has 0 radical (unpaired) electrons. The van der Waals surface area contributed by atoms with Crippen LogP contribution in [0.25, 0.3) is 6.08 Å². The molecule has 2 aromatic rings. The zero-order chi connectivity index (χ0) is 27.0. The topological polar surface area (TPSA) is 49.7 Å². The summed E-state index contributed by atoms with van der Waals surface area (Å²) >= 11 is 0. The fourth-order valence-electron chi connectivity index (χ4n) is 4.03. The zero-order valence-corrected chi connectivity index (χ0v) is 19.2. The summed E-state index contributed by atoms with van der Waals surface area (Å²) in [6.45, 7) is -0.250. The van der Waals surface area contributed by atoms with Crippen LogP contribution in [-0.4, -0.2) is 43.2 Å². The number of allylic oxidation sites excluding steroid dienone is 3. The Morgan fingerprint density at radius 1 is 1.19 bits per heavy atom. The van der Waals surface area contributed by atoms with E-state index in [9.17, 15) is 35.5 Å². The van der Waals surface area contributed by atoms with E-state index in [0.717, 1.165) is 12.1 Å². The van der Waals surface area contributed by atoms with Crippen molar-refractivity contribution in [1.29, 1.82) is 0 Å². The lowest BCUT2D eigenvalue weighted by molar-refractivity contribution is -0.174. The smallest absolute Gasteiger partial charge is 0.416 e. The second kappa shape index (κ2) is 9.98. The molecule has 2 aliphatic rings. The summed E-state index contributed by atoms with van der Waals surface area (Å²) in [6.07, 6.45) is -3.56. The Kier molecular flexibility index (Phi) is 7.11. The molecular weight excluding hydrogens is 511 g/mol. The molecule has 37 heavy (non-hydrogen) atoms. The molecule has 0 fully saturated rings. The Labute approximate surface area is 206 Å². The van der Waals surface area contributed by atoms with Crippen molar-refractivity contribution in [3.63, 3.8) is 0 Å². The second-order valence-electron chi connectivity index (χ2n) is 8.49. The first-order valence-corrected chi connectivity index (χ1v) is 10.9.